The van der Waals surface area contributed by atoms with E-state index in [0.29, 0.717) is 17.4 Å². The minimum Gasteiger partial charge on any atom is -0.293 e. The predicted octanol–water partition coefficient (Wildman–Crippen LogP) is 1.81. The molecule has 5 heteroatoms. The SMILES string of the molecule is CCCn1c(=O)n(CCCl)c(=O)c2ccccc21. The molecule has 0 saturated heterocycles. The van der Waals surface area contributed by atoms with Gasteiger partial charge in [0, 0.05) is 19.0 Å². The first-order valence-electron chi connectivity index (χ1n) is 5.99. The van der Waals surface area contributed by atoms with Crippen LogP contribution in [0.25, 0.3) is 10.9 Å². The van der Waals surface area contributed by atoms with Gasteiger partial charge in [0.15, 0.2) is 0 Å². The van der Waals surface area contributed by atoms with Gasteiger partial charge in [-0.05, 0) is 18.6 Å². The average molecular weight is 267 g/mol. The Kier molecular flexibility index (Phi) is 3.87. The largest absolute Gasteiger partial charge is 0.331 e. The van der Waals surface area contributed by atoms with Gasteiger partial charge < -0.3 is 0 Å². The Balaban J connectivity index is 2.87. The van der Waals surface area contributed by atoms with E-state index in [4.69, 9.17) is 11.6 Å². The van der Waals surface area contributed by atoms with Crippen LogP contribution in [0.15, 0.2) is 33.9 Å². The van der Waals surface area contributed by atoms with Gasteiger partial charge in [-0.15, -0.1) is 11.6 Å². The fourth-order valence-electron chi connectivity index (χ4n) is 2.09. The molecular weight excluding hydrogens is 252 g/mol. The maximum Gasteiger partial charge on any atom is 0.331 e. The smallest absolute Gasteiger partial charge is 0.293 e. The van der Waals surface area contributed by atoms with Crippen LogP contribution < -0.4 is 11.2 Å². The number of nitrogens with zero attached hydrogens (tertiary/aromatic N) is 2. The van der Waals surface area contributed by atoms with E-state index in [-0.39, 0.29) is 23.7 Å². The normalized spacial score (nSPS) is 11.0. The maximum absolute atomic E-state index is 12.3. The zero-order valence-electron chi connectivity index (χ0n) is 10.2. The number of alkyl halides is 1. The van der Waals surface area contributed by atoms with Gasteiger partial charge in [-0.2, -0.15) is 0 Å². The Morgan fingerprint density at radius 1 is 1.11 bits per heavy atom. The topological polar surface area (TPSA) is 44.0 Å². The van der Waals surface area contributed by atoms with E-state index < -0.39 is 0 Å². The zero-order chi connectivity index (χ0) is 13.1. The average Bonchev–Trinajstić information content (AvgIpc) is 2.39. The molecule has 0 atom stereocenters. The fraction of sp³-hybridized carbons (Fsp3) is 0.385. The van der Waals surface area contributed by atoms with E-state index in [1.54, 1.807) is 22.8 Å². The summed E-state index contributed by atoms with van der Waals surface area (Å²) in [7, 11) is 0. The van der Waals surface area contributed by atoms with E-state index >= 15 is 0 Å². The monoisotopic (exact) mass is 266 g/mol. The summed E-state index contributed by atoms with van der Waals surface area (Å²) >= 11 is 5.65. The van der Waals surface area contributed by atoms with Gasteiger partial charge in [-0.25, -0.2) is 4.79 Å². The van der Waals surface area contributed by atoms with E-state index in [2.05, 4.69) is 0 Å². The first-order chi connectivity index (χ1) is 8.70. The van der Waals surface area contributed by atoms with Crippen molar-refractivity contribution >= 4 is 22.5 Å². The number of aryl methyl sites for hydroxylation is 1. The lowest BCUT2D eigenvalue weighted by atomic mass is 10.2. The molecule has 0 amide bonds. The molecule has 0 spiro atoms. The maximum atomic E-state index is 12.3. The molecule has 18 heavy (non-hydrogen) atoms. The third kappa shape index (κ3) is 2.08. The first kappa shape index (κ1) is 12.9. The molecule has 0 radical (unpaired) electrons. The number of hydrogen-bond donors (Lipinski definition) is 0. The van der Waals surface area contributed by atoms with E-state index in [1.165, 1.54) is 4.57 Å². The summed E-state index contributed by atoms with van der Waals surface area (Å²) in [6.45, 7) is 2.84. The highest BCUT2D eigenvalue weighted by Crippen LogP contribution is 2.07. The lowest BCUT2D eigenvalue weighted by molar-refractivity contribution is 0.585. The van der Waals surface area contributed by atoms with Gasteiger partial charge in [0.2, 0.25) is 0 Å². The van der Waals surface area contributed by atoms with Gasteiger partial charge in [0.25, 0.3) is 5.56 Å². The van der Waals surface area contributed by atoms with Crippen molar-refractivity contribution in [2.75, 3.05) is 5.88 Å². The van der Waals surface area contributed by atoms with Crippen molar-refractivity contribution in [3.63, 3.8) is 0 Å². The molecule has 0 fully saturated rings. The molecule has 1 aromatic carbocycles. The van der Waals surface area contributed by atoms with Crippen molar-refractivity contribution in [2.45, 2.75) is 26.4 Å². The van der Waals surface area contributed by atoms with Crippen LogP contribution in [0.5, 0.6) is 0 Å². The van der Waals surface area contributed by atoms with Crippen molar-refractivity contribution < 1.29 is 0 Å². The second-order valence-corrected chi connectivity index (χ2v) is 4.48. The Labute approximate surface area is 109 Å². The summed E-state index contributed by atoms with van der Waals surface area (Å²) in [5, 5.41) is 0.565. The van der Waals surface area contributed by atoms with Crippen LogP contribution in [-0.4, -0.2) is 15.0 Å². The Hall–Kier alpha value is -1.55. The minimum absolute atomic E-state index is 0.244. The first-order valence-corrected chi connectivity index (χ1v) is 6.52. The lowest BCUT2D eigenvalue weighted by Gasteiger charge is -2.12. The van der Waals surface area contributed by atoms with Gasteiger partial charge in [-0.3, -0.25) is 13.9 Å². The quantitative estimate of drug-likeness (QED) is 0.793. The van der Waals surface area contributed by atoms with E-state index in [0.717, 1.165) is 6.42 Å². The summed E-state index contributed by atoms with van der Waals surface area (Å²) < 4.78 is 2.86. The molecule has 1 aromatic heterocycles. The summed E-state index contributed by atoms with van der Waals surface area (Å²) in [6.07, 6.45) is 0.836. The van der Waals surface area contributed by atoms with E-state index in [1.807, 2.05) is 13.0 Å². The van der Waals surface area contributed by atoms with Crippen LogP contribution in [0.1, 0.15) is 13.3 Å². The second kappa shape index (κ2) is 5.40. The standard InChI is InChI=1S/C13H15ClN2O2/c1-2-8-15-11-6-4-3-5-10(11)12(17)16(9-7-14)13(15)18/h3-6H,2,7-9H2,1H3. The van der Waals surface area contributed by atoms with Crippen LogP contribution in [0.4, 0.5) is 0 Å². The third-order valence-corrected chi connectivity index (χ3v) is 3.06. The fourth-order valence-corrected chi connectivity index (χ4v) is 2.26. The third-order valence-electron chi connectivity index (χ3n) is 2.89. The zero-order valence-corrected chi connectivity index (χ0v) is 11.0. The molecule has 0 saturated carbocycles. The molecule has 0 unspecified atom stereocenters. The number of rotatable bonds is 4. The highest BCUT2D eigenvalue weighted by molar-refractivity contribution is 6.17. The van der Waals surface area contributed by atoms with Crippen molar-refractivity contribution in [3.05, 3.63) is 45.1 Å². The van der Waals surface area contributed by atoms with E-state index in [9.17, 15) is 9.59 Å². The Morgan fingerprint density at radius 2 is 1.83 bits per heavy atom. The molecule has 1 heterocycles. The molecular formula is C13H15ClN2O2. The number of aromatic nitrogens is 2. The van der Waals surface area contributed by atoms with Crippen LogP contribution in [-0.2, 0) is 13.1 Å². The number of halogens is 1. The lowest BCUT2D eigenvalue weighted by Crippen LogP contribution is -2.40. The molecule has 96 valence electrons. The van der Waals surface area contributed by atoms with Crippen LogP contribution in [0.3, 0.4) is 0 Å². The predicted molar refractivity (Wildman–Crippen MR) is 73.5 cm³/mol. The molecule has 0 N–H and O–H groups in total. The number of para-hydroxylation sites is 1. The summed E-state index contributed by atoms with van der Waals surface area (Å²) in [6, 6.07) is 7.18. The molecule has 2 rings (SSSR count). The van der Waals surface area contributed by atoms with Gasteiger partial charge in [0.1, 0.15) is 0 Å². The number of fused-ring (bicyclic) bond motifs is 1. The summed E-state index contributed by atoms with van der Waals surface area (Å²) in [5.74, 6) is 0.250. The van der Waals surface area contributed by atoms with Crippen molar-refractivity contribution in [3.8, 4) is 0 Å². The van der Waals surface area contributed by atoms with Gasteiger partial charge >= 0.3 is 5.69 Å². The van der Waals surface area contributed by atoms with Gasteiger partial charge in [0.05, 0.1) is 10.9 Å². The van der Waals surface area contributed by atoms with Gasteiger partial charge in [-0.1, -0.05) is 19.1 Å². The highest BCUT2D eigenvalue weighted by atomic mass is 35.5. The van der Waals surface area contributed by atoms with Crippen LogP contribution in [0.2, 0.25) is 0 Å². The number of hydrogen-bond acceptors (Lipinski definition) is 2. The minimum atomic E-state index is -0.277. The summed E-state index contributed by atoms with van der Waals surface area (Å²) in [5.41, 5.74) is 0.157. The highest BCUT2D eigenvalue weighted by Gasteiger charge is 2.11. The molecule has 0 aliphatic rings. The van der Waals surface area contributed by atoms with Crippen LogP contribution in [0, 0.1) is 0 Å². The number of benzene rings is 1. The van der Waals surface area contributed by atoms with Crippen LogP contribution >= 0.6 is 11.6 Å². The Bertz CT molecular complexity index is 673. The summed E-state index contributed by atoms with van der Waals surface area (Å²) in [4.78, 5) is 24.4. The molecule has 4 nitrogen and oxygen atoms in total. The second-order valence-electron chi connectivity index (χ2n) is 4.10. The van der Waals surface area contributed by atoms with Crippen molar-refractivity contribution in [1.29, 1.82) is 0 Å². The van der Waals surface area contributed by atoms with Crippen molar-refractivity contribution in [2.24, 2.45) is 0 Å². The van der Waals surface area contributed by atoms with Crippen molar-refractivity contribution in [1.82, 2.24) is 9.13 Å². The Morgan fingerprint density at radius 3 is 2.50 bits per heavy atom. The molecule has 0 aliphatic carbocycles. The molecule has 2 aromatic rings. The molecule has 0 bridgehead atoms. The molecule has 0 aliphatic heterocycles.